The zero-order valence-corrected chi connectivity index (χ0v) is 13.5. The molecule has 0 fully saturated rings. The summed E-state index contributed by atoms with van der Waals surface area (Å²) in [5.74, 6) is 0.624. The largest absolute Gasteiger partial charge is 0.377 e. The average molecular weight is 333 g/mol. The molecule has 0 radical (unpaired) electrons. The van der Waals surface area contributed by atoms with Crippen LogP contribution in [0.25, 0.3) is 5.57 Å². The molecular weight excluding hydrogens is 316 g/mol. The normalized spacial score (nSPS) is 15.1. The standard InChI is InChI=1S/C17H17ClN2O3/c1-22-11-13-9-16(19-23-13)14-10-20(8-7-15(14)18)17(21)12-5-3-2-4-6-12/h2-6,9H,7-8,10-11H2,1H3. The van der Waals surface area contributed by atoms with Gasteiger partial charge < -0.3 is 14.2 Å². The molecule has 0 saturated carbocycles. The van der Waals surface area contributed by atoms with E-state index in [-0.39, 0.29) is 5.91 Å². The Morgan fingerprint density at radius 1 is 1.39 bits per heavy atom. The summed E-state index contributed by atoms with van der Waals surface area (Å²) in [5.41, 5.74) is 2.16. The summed E-state index contributed by atoms with van der Waals surface area (Å²) in [6.45, 7) is 1.37. The van der Waals surface area contributed by atoms with Crippen LogP contribution in [0.2, 0.25) is 0 Å². The smallest absolute Gasteiger partial charge is 0.254 e. The number of hydrogen-bond donors (Lipinski definition) is 0. The lowest BCUT2D eigenvalue weighted by Crippen LogP contribution is -2.36. The topological polar surface area (TPSA) is 55.6 Å². The van der Waals surface area contributed by atoms with Gasteiger partial charge in [0.05, 0.1) is 0 Å². The summed E-state index contributed by atoms with van der Waals surface area (Å²) in [7, 11) is 1.59. The highest BCUT2D eigenvalue weighted by Gasteiger charge is 2.25. The SMILES string of the molecule is COCc1cc(C2=C(Cl)CCN(C(=O)c3ccccc3)C2)no1. The molecule has 6 heteroatoms. The van der Waals surface area contributed by atoms with Crippen LogP contribution in [0.15, 0.2) is 46.0 Å². The minimum Gasteiger partial charge on any atom is -0.377 e. The van der Waals surface area contributed by atoms with E-state index in [0.717, 1.165) is 10.6 Å². The van der Waals surface area contributed by atoms with Crippen LogP contribution in [0.3, 0.4) is 0 Å². The van der Waals surface area contributed by atoms with Gasteiger partial charge in [-0.1, -0.05) is 35.0 Å². The fraction of sp³-hybridized carbons (Fsp3) is 0.294. The molecule has 0 aliphatic carbocycles. The number of benzene rings is 1. The second kappa shape index (κ2) is 6.98. The molecule has 1 amide bonds. The third-order valence-corrected chi connectivity index (χ3v) is 4.16. The zero-order valence-electron chi connectivity index (χ0n) is 12.8. The number of methoxy groups -OCH3 is 1. The molecule has 2 aromatic rings. The maximum atomic E-state index is 12.6. The van der Waals surface area contributed by atoms with Crippen LogP contribution in [0.1, 0.15) is 28.2 Å². The Kier molecular flexibility index (Phi) is 4.79. The molecule has 1 aromatic carbocycles. The van der Waals surface area contributed by atoms with Crippen LogP contribution in [-0.2, 0) is 11.3 Å². The molecule has 120 valence electrons. The molecule has 1 aliphatic rings. The summed E-state index contributed by atoms with van der Waals surface area (Å²) < 4.78 is 10.2. The number of ether oxygens (including phenoxy) is 1. The second-order valence-corrected chi connectivity index (χ2v) is 5.79. The number of rotatable bonds is 4. The maximum absolute atomic E-state index is 12.6. The molecule has 5 nitrogen and oxygen atoms in total. The van der Waals surface area contributed by atoms with Gasteiger partial charge in [0.1, 0.15) is 12.3 Å². The predicted octanol–water partition coefficient (Wildman–Crippen LogP) is 3.32. The predicted molar refractivity (Wildman–Crippen MR) is 87.0 cm³/mol. The molecule has 0 atom stereocenters. The van der Waals surface area contributed by atoms with E-state index in [2.05, 4.69) is 5.16 Å². The number of nitrogens with zero attached hydrogens (tertiary/aromatic N) is 2. The van der Waals surface area contributed by atoms with Gasteiger partial charge in [0.2, 0.25) is 0 Å². The summed E-state index contributed by atoms with van der Waals surface area (Å²) in [6, 6.07) is 11.0. The monoisotopic (exact) mass is 332 g/mol. The van der Waals surface area contributed by atoms with E-state index < -0.39 is 0 Å². The van der Waals surface area contributed by atoms with Gasteiger partial charge in [0.25, 0.3) is 5.91 Å². The fourth-order valence-corrected chi connectivity index (χ4v) is 2.80. The zero-order chi connectivity index (χ0) is 16.2. The number of carbonyl (C=O) groups excluding carboxylic acids is 1. The first kappa shape index (κ1) is 15.8. The van der Waals surface area contributed by atoms with Gasteiger partial charge in [0, 0.05) is 48.9 Å². The van der Waals surface area contributed by atoms with E-state index in [4.69, 9.17) is 20.9 Å². The highest BCUT2D eigenvalue weighted by Crippen LogP contribution is 2.29. The minimum atomic E-state index is -0.00660. The summed E-state index contributed by atoms with van der Waals surface area (Å²) >= 11 is 6.35. The Morgan fingerprint density at radius 3 is 2.91 bits per heavy atom. The van der Waals surface area contributed by atoms with E-state index in [1.165, 1.54) is 0 Å². The summed E-state index contributed by atoms with van der Waals surface area (Å²) in [6.07, 6.45) is 0.613. The lowest BCUT2D eigenvalue weighted by atomic mass is 10.0. The van der Waals surface area contributed by atoms with Crippen molar-refractivity contribution in [1.82, 2.24) is 10.1 Å². The fourth-order valence-electron chi connectivity index (χ4n) is 2.56. The van der Waals surface area contributed by atoms with Crippen molar-refractivity contribution in [1.29, 1.82) is 0 Å². The molecular formula is C17H17ClN2O3. The third kappa shape index (κ3) is 3.46. The first-order valence-corrected chi connectivity index (χ1v) is 7.73. The van der Waals surface area contributed by atoms with Crippen LogP contribution < -0.4 is 0 Å². The van der Waals surface area contributed by atoms with Crippen LogP contribution in [0.5, 0.6) is 0 Å². The van der Waals surface area contributed by atoms with Gasteiger partial charge in [-0.2, -0.15) is 0 Å². The molecule has 0 spiro atoms. The van der Waals surface area contributed by atoms with Crippen molar-refractivity contribution in [3.8, 4) is 0 Å². The molecule has 23 heavy (non-hydrogen) atoms. The van der Waals surface area contributed by atoms with Crippen molar-refractivity contribution in [2.75, 3.05) is 20.2 Å². The lowest BCUT2D eigenvalue weighted by Gasteiger charge is -2.28. The van der Waals surface area contributed by atoms with Crippen LogP contribution in [0, 0.1) is 0 Å². The van der Waals surface area contributed by atoms with E-state index >= 15 is 0 Å². The number of halogens is 1. The highest BCUT2D eigenvalue weighted by atomic mass is 35.5. The Labute approximate surface area is 139 Å². The summed E-state index contributed by atoms with van der Waals surface area (Å²) in [4.78, 5) is 14.4. The van der Waals surface area contributed by atoms with Gasteiger partial charge in [-0.25, -0.2) is 0 Å². The van der Waals surface area contributed by atoms with Gasteiger partial charge in [-0.3, -0.25) is 4.79 Å². The Morgan fingerprint density at radius 2 is 2.17 bits per heavy atom. The van der Waals surface area contributed by atoms with Crippen molar-refractivity contribution >= 4 is 23.1 Å². The summed E-state index contributed by atoms with van der Waals surface area (Å²) in [5, 5.41) is 4.76. The number of carbonyl (C=O) groups is 1. The molecule has 1 aromatic heterocycles. The minimum absolute atomic E-state index is 0.00660. The first-order chi connectivity index (χ1) is 11.2. The van der Waals surface area contributed by atoms with Crippen LogP contribution in [0.4, 0.5) is 0 Å². The average Bonchev–Trinajstić information content (AvgIpc) is 3.04. The van der Waals surface area contributed by atoms with Crippen molar-refractivity contribution in [2.24, 2.45) is 0 Å². The maximum Gasteiger partial charge on any atom is 0.254 e. The molecule has 0 N–H and O–H groups in total. The quantitative estimate of drug-likeness (QED) is 0.862. The van der Waals surface area contributed by atoms with Crippen molar-refractivity contribution in [3.63, 3.8) is 0 Å². The Balaban J connectivity index is 1.80. The van der Waals surface area contributed by atoms with E-state index in [9.17, 15) is 4.79 Å². The van der Waals surface area contributed by atoms with Crippen molar-refractivity contribution in [3.05, 3.63) is 58.4 Å². The highest BCUT2D eigenvalue weighted by molar-refractivity contribution is 6.32. The van der Waals surface area contributed by atoms with Gasteiger partial charge in [-0.15, -0.1) is 0 Å². The molecule has 0 unspecified atom stereocenters. The van der Waals surface area contributed by atoms with E-state index in [0.29, 0.717) is 43.1 Å². The number of amides is 1. The number of aromatic nitrogens is 1. The van der Waals surface area contributed by atoms with Crippen molar-refractivity contribution < 1.29 is 14.1 Å². The van der Waals surface area contributed by atoms with Crippen molar-refractivity contribution in [2.45, 2.75) is 13.0 Å². The first-order valence-electron chi connectivity index (χ1n) is 7.36. The molecule has 1 aliphatic heterocycles. The van der Waals surface area contributed by atoms with Gasteiger partial charge in [0.15, 0.2) is 5.76 Å². The Bertz CT molecular complexity index is 724. The molecule has 2 heterocycles. The van der Waals surface area contributed by atoms with Crippen LogP contribution >= 0.6 is 11.6 Å². The second-order valence-electron chi connectivity index (χ2n) is 5.34. The van der Waals surface area contributed by atoms with Gasteiger partial charge >= 0.3 is 0 Å². The third-order valence-electron chi connectivity index (χ3n) is 3.74. The van der Waals surface area contributed by atoms with E-state index in [1.54, 1.807) is 18.1 Å². The molecule has 0 saturated heterocycles. The number of hydrogen-bond acceptors (Lipinski definition) is 4. The Hall–Kier alpha value is -2.11. The molecule has 0 bridgehead atoms. The lowest BCUT2D eigenvalue weighted by molar-refractivity contribution is 0.0774. The van der Waals surface area contributed by atoms with E-state index in [1.807, 2.05) is 30.3 Å². The van der Waals surface area contributed by atoms with Gasteiger partial charge in [-0.05, 0) is 12.1 Å². The molecule has 3 rings (SSSR count). The van der Waals surface area contributed by atoms with Crippen LogP contribution in [-0.4, -0.2) is 36.2 Å².